The Bertz CT molecular complexity index is 640. The monoisotopic (exact) mass is 716 g/mol. The molecule has 0 spiro atoms. The van der Waals surface area contributed by atoms with Crippen LogP contribution in [0.2, 0.25) is 0 Å². The fourth-order valence-electron chi connectivity index (χ4n) is 11.8. The molecular weight excluding hydrogens is 654 g/mol. The SMILES string of the molecule is CC(C)C=C([P+](C1CCCC1)(C1CCCC1)C1CCCC1)[P+](C1CCCC1)(C1CCCC1)C1CCCC1.[Cl][Ru][Cl]. The molecule has 0 aromatic rings. The van der Waals surface area contributed by atoms with E-state index in [1.165, 1.54) is 0 Å². The Kier molecular flexibility index (Phi) is 13.2. The maximum atomic E-state index is 4.85. The summed E-state index contributed by atoms with van der Waals surface area (Å²) >= 11 is -0.346. The first-order chi connectivity index (χ1) is 19.6. The van der Waals surface area contributed by atoms with E-state index in [2.05, 4.69) is 25.0 Å². The van der Waals surface area contributed by atoms with Crippen molar-refractivity contribution in [3.05, 3.63) is 11.1 Å². The normalized spacial score (nSPS) is 26.9. The molecule has 0 nitrogen and oxygen atoms in total. The van der Waals surface area contributed by atoms with E-state index in [0.29, 0.717) is 0 Å². The molecule has 40 heavy (non-hydrogen) atoms. The van der Waals surface area contributed by atoms with E-state index in [-0.39, 0.29) is 15.1 Å². The quantitative estimate of drug-likeness (QED) is 0.165. The Morgan fingerprint density at radius 2 is 0.650 bits per heavy atom. The zero-order chi connectivity index (χ0) is 28.0. The van der Waals surface area contributed by atoms with Crippen molar-refractivity contribution in [1.82, 2.24) is 0 Å². The summed E-state index contributed by atoms with van der Waals surface area (Å²) in [6.07, 6.45) is 41.7. The van der Waals surface area contributed by atoms with E-state index in [0.717, 1.165) is 39.9 Å². The summed E-state index contributed by atoms with van der Waals surface area (Å²) in [5, 5.41) is 2.44. The average molecular weight is 717 g/mol. The molecule has 232 valence electrons. The van der Waals surface area contributed by atoms with Gasteiger partial charge in [-0.1, -0.05) is 13.8 Å². The maximum absolute atomic E-state index is 4.85. The Balaban J connectivity index is 0.00000103. The van der Waals surface area contributed by atoms with E-state index >= 15 is 0 Å². The second-order valence-electron chi connectivity index (χ2n) is 15.1. The second kappa shape index (κ2) is 15.9. The molecule has 6 aliphatic rings. The third kappa shape index (κ3) is 6.53. The van der Waals surface area contributed by atoms with Crippen molar-refractivity contribution in [2.24, 2.45) is 5.92 Å². The summed E-state index contributed by atoms with van der Waals surface area (Å²) in [6, 6.07) is 0. The number of halogens is 2. The van der Waals surface area contributed by atoms with E-state index < -0.39 is 14.5 Å². The van der Waals surface area contributed by atoms with Crippen LogP contribution in [0.4, 0.5) is 0 Å². The molecule has 0 atom stereocenters. The Hall–Kier alpha value is 1.80. The molecule has 5 heteroatoms. The third-order valence-electron chi connectivity index (χ3n) is 12.8. The molecule has 0 saturated heterocycles. The van der Waals surface area contributed by atoms with Crippen LogP contribution in [0.15, 0.2) is 11.1 Å². The second-order valence-corrected chi connectivity index (χ2v) is 26.8. The van der Waals surface area contributed by atoms with Gasteiger partial charge in [-0.2, -0.15) is 0 Å². The summed E-state index contributed by atoms with van der Waals surface area (Å²) in [7, 11) is 7.36. The zero-order valence-corrected chi connectivity index (χ0v) is 31.1. The third-order valence-corrected chi connectivity index (χ3v) is 27.2. The molecule has 0 aromatic carbocycles. The van der Waals surface area contributed by atoms with Gasteiger partial charge in [-0.3, -0.25) is 0 Å². The molecule has 0 radical (unpaired) electrons. The first-order valence-corrected chi connectivity index (χ1v) is 26.4. The van der Waals surface area contributed by atoms with E-state index in [1.807, 2.05) is 0 Å². The minimum atomic E-state index is -1.17. The van der Waals surface area contributed by atoms with Crippen molar-refractivity contribution in [1.29, 1.82) is 0 Å². The Morgan fingerprint density at radius 1 is 0.475 bits per heavy atom. The molecule has 0 heterocycles. The van der Waals surface area contributed by atoms with Gasteiger partial charge in [0.15, 0.2) is 0 Å². The van der Waals surface area contributed by atoms with Gasteiger partial charge in [0.2, 0.25) is 5.06 Å². The van der Waals surface area contributed by atoms with Gasteiger partial charge in [-0.15, -0.1) is 0 Å². The number of hydrogen-bond donors (Lipinski definition) is 0. The van der Waals surface area contributed by atoms with Crippen LogP contribution in [0, 0.1) is 5.92 Å². The first-order valence-electron chi connectivity index (χ1n) is 17.9. The van der Waals surface area contributed by atoms with E-state index in [9.17, 15) is 0 Å². The summed E-state index contributed by atoms with van der Waals surface area (Å²) in [4.78, 5) is 0. The van der Waals surface area contributed by atoms with Crippen molar-refractivity contribution < 1.29 is 15.1 Å². The van der Waals surface area contributed by atoms with Crippen molar-refractivity contribution in [2.45, 2.75) is 202 Å². The van der Waals surface area contributed by atoms with E-state index in [4.69, 9.17) is 19.4 Å². The van der Waals surface area contributed by atoms with Crippen LogP contribution < -0.4 is 0 Å². The number of rotatable bonds is 9. The molecule has 0 N–H and O–H groups in total. The predicted octanol–water partition coefficient (Wildman–Crippen LogP) is 13.6. The molecule has 6 saturated carbocycles. The number of hydrogen-bond acceptors (Lipinski definition) is 0. The minimum absolute atomic E-state index is 0.346. The fourth-order valence-corrected chi connectivity index (χ4v) is 31.3. The fraction of sp³-hybridized carbons (Fsp3) is 0.943. The van der Waals surface area contributed by atoms with Crippen LogP contribution in [0.25, 0.3) is 0 Å². The van der Waals surface area contributed by atoms with Crippen molar-refractivity contribution in [2.75, 3.05) is 0 Å². The van der Waals surface area contributed by atoms with Crippen LogP contribution >= 0.6 is 33.9 Å². The molecule has 6 rings (SSSR count). The van der Waals surface area contributed by atoms with Gasteiger partial charge in [-0.05, 0) is 166 Å². The summed E-state index contributed by atoms with van der Waals surface area (Å²) in [6.45, 7) is 5.22. The molecular formula is C35H62Cl2P2Ru+2. The summed E-state index contributed by atoms with van der Waals surface area (Å²) in [5.41, 5.74) is 6.87. The van der Waals surface area contributed by atoms with E-state index in [1.54, 1.807) is 154 Å². The predicted molar refractivity (Wildman–Crippen MR) is 182 cm³/mol. The molecule has 0 amide bonds. The number of allylic oxidation sites excluding steroid dienone is 1. The summed E-state index contributed by atoms with van der Waals surface area (Å²) < 4.78 is 0. The topological polar surface area (TPSA) is 0 Å². The first kappa shape index (κ1) is 33.2. The average Bonchev–Trinajstić information content (AvgIpc) is 3.81. The molecule has 0 aliphatic heterocycles. The van der Waals surface area contributed by atoms with Crippen molar-refractivity contribution in [3.63, 3.8) is 0 Å². The van der Waals surface area contributed by atoms with Crippen LogP contribution in [0.1, 0.15) is 168 Å². The molecule has 0 unspecified atom stereocenters. The molecule has 6 fully saturated rings. The summed E-state index contributed by atoms with van der Waals surface area (Å²) in [5.74, 6) is 0.766. The van der Waals surface area contributed by atoms with Crippen LogP contribution in [0.5, 0.6) is 0 Å². The van der Waals surface area contributed by atoms with Gasteiger partial charge < -0.3 is 0 Å². The van der Waals surface area contributed by atoms with Crippen LogP contribution in [-0.4, -0.2) is 34.0 Å². The zero-order valence-electron chi connectivity index (χ0n) is 26.1. The van der Waals surface area contributed by atoms with Gasteiger partial charge in [-0.25, -0.2) is 0 Å². The molecule has 0 aromatic heterocycles. The van der Waals surface area contributed by atoms with Crippen molar-refractivity contribution in [3.8, 4) is 0 Å². The standard InChI is InChI=1S/C35H62P2.2ClH.Ru/c1-28(2)27-35(36(29-15-3-4-16-29,30-17-5-6-18-30)31-19-7-8-20-31)37(32-21-9-10-22-32,33-23-11-12-24-33)34-25-13-14-26-34;;;/h27-34H,3-26H2,1-2H3;2*1H;/q+2;;;+2/p-2. The van der Waals surface area contributed by atoms with Gasteiger partial charge in [0.1, 0.15) is 0 Å². The van der Waals surface area contributed by atoms with Crippen LogP contribution in [-0.2, 0) is 15.1 Å². The Labute approximate surface area is 266 Å². The van der Waals surface area contributed by atoms with Gasteiger partial charge in [0, 0.05) is 0 Å². The van der Waals surface area contributed by atoms with Gasteiger partial charge >= 0.3 is 34.5 Å². The Morgan fingerprint density at radius 3 is 0.800 bits per heavy atom. The molecule has 6 aliphatic carbocycles. The van der Waals surface area contributed by atoms with Crippen molar-refractivity contribution >= 4 is 33.9 Å². The van der Waals surface area contributed by atoms with Gasteiger partial charge in [0.25, 0.3) is 0 Å². The van der Waals surface area contributed by atoms with Crippen LogP contribution in [0.3, 0.4) is 0 Å². The molecule has 0 bridgehead atoms. The van der Waals surface area contributed by atoms with Gasteiger partial charge in [0.05, 0.1) is 48.5 Å².